The third-order valence-corrected chi connectivity index (χ3v) is 4.72. The molecule has 0 spiro atoms. The third-order valence-electron chi connectivity index (χ3n) is 4.72. The van der Waals surface area contributed by atoms with Crippen molar-refractivity contribution < 1.29 is 14.4 Å². The van der Waals surface area contributed by atoms with Crippen LogP contribution in [0.2, 0.25) is 0 Å². The number of aliphatic imine (C=N–C) groups is 1. The molecule has 2 N–H and O–H groups in total. The minimum absolute atomic E-state index is 0.105. The van der Waals surface area contributed by atoms with Crippen LogP contribution in [0.5, 0.6) is 5.88 Å². The van der Waals surface area contributed by atoms with E-state index in [1.54, 1.807) is 20.9 Å². The molecule has 0 bridgehead atoms. The summed E-state index contributed by atoms with van der Waals surface area (Å²) in [5, 5.41) is 3.80. The van der Waals surface area contributed by atoms with Crippen molar-refractivity contribution in [1.29, 1.82) is 0 Å². The fourth-order valence-corrected chi connectivity index (χ4v) is 3.01. The highest BCUT2D eigenvalue weighted by molar-refractivity contribution is 5.99. The lowest BCUT2D eigenvalue weighted by atomic mass is 9.86. The number of aromatic nitrogens is 2. The summed E-state index contributed by atoms with van der Waals surface area (Å²) in [5.74, 6) is 0.0983. The number of rotatable bonds is 6. The number of guanidine groups is 1. The molecule has 0 aliphatic carbocycles. The van der Waals surface area contributed by atoms with Crippen molar-refractivity contribution in [3.63, 3.8) is 0 Å². The summed E-state index contributed by atoms with van der Waals surface area (Å²) in [5.41, 5.74) is 7.69. The largest absolute Gasteiger partial charge is 0.369 e. The summed E-state index contributed by atoms with van der Waals surface area (Å²) in [6.07, 6.45) is 3.06. The lowest BCUT2D eigenvalue weighted by Gasteiger charge is -2.33. The number of carbonyl (C=O) groups is 2. The van der Waals surface area contributed by atoms with Crippen LogP contribution >= 0.6 is 0 Å². The van der Waals surface area contributed by atoms with Crippen LogP contribution < -0.4 is 10.6 Å². The Morgan fingerprint density at radius 2 is 2.07 bits per heavy atom. The molecule has 0 radical (unpaired) electrons. The van der Waals surface area contributed by atoms with E-state index in [1.165, 1.54) is 17.3 Å². The molecule has 0 fully saturated rings. The molecule has 1 amide bonds. The Hall–Kier alpha value is -3.62. The lowest BCUT2D eigenvalue weighted by molar-refractivity contribution is -0.128. The van der Waals surface area contributed by atoms with Crippen molar-refractivity contribution in [3.8, 4) is 5.88 Å². The number of ketones is 1. The predicted octanol–water partition coefficient (Wildman–Crippen LogP) is 2.07. The van der Waals surface area contributed by atoms with Crippen molar-refractivity contribution in [2.45, 2.75) is 39.2 Å². The molecule has 1 aromatic carbocycles. The van der Waals surface area contributed by atoms with Gasteiger partial charge in [-0.3, -0.25) is 14.5 Å². The van der Waals surface area contributed by atoms with E-state index < -0.39 is 5.54 Å². The highest BCUT2D eigenvalue weighted by Crippen LogP contribution is 2.33. The zero-order chi connectivity index (χ0) is 21.9. The van der Waals surface area contributed by atoms with Gasteiger partial charge in [0.1, 0.15) is 5.69 Å². The number of benzene rings is 1. The quantitative estimate of drug-likeness (QED) is 0.443. The minimum Gasteiger partial charge on any atom is -0.369 e. The van der Waals surface area contributed by atoms with Crippen molar-refractivity contribution >= 4 is 23.4 Å². The molecule has 1 aromatic heterocycles. The van der Waals surface area contributed by atoms with Gasteiger partial charge in [-0.1, -0.05) is 29.4 Å². The van der Waals surface area contributed by atoms with Gasteiger partial charge in [0, 0.05) is 13.5 Å². The van der Waals surface area contributed by atoms with Crippen molar-refractivity contribution in [3.05, 3.63) is 53.5 Å². The zero-order valence-electron chi connectivity index (χ0n) is 17.4. The van der Waals surface area contributed by atoms with E-state index in [0.29, 0.717) is 0 Å². The van der Waals surface area contributed by atoms with Crippen LogP contribution in [-0.2, 0) is 16.8 Å². The second-order valence-corrected chi connectivity index (χ2v) is 7.54. The molecule has 2 aromatic rings. The molecule has 156 valence electrons. The normalized spacial score (nSPS) is 18.6. The highest BCUT2D eigenvalue weighted by atomic mass is 16.6. The van der Waals surface area contributed by atoms with Gasteiger partial charge < -0.3 is 10.6 Å². The van der Waals surface area contributed by atoms with E-state index in [9.17, 15) is 9.59 Å². The molecule has 3 rings (SSSR count). The molecule has 9 heteroatoms. The second kappa shape index (κ2) is 8.40. The van der Waals surface area contributed by atoms with Crippen LogP contribution in [0.1, 0.15) is 48.8 Å². The minimum atomic E-state index is -0.774. The maximum absolute atomic E-state index is 12.6. The number of nitrogens with two attached hydrogens (primary N) is 1. The molecule has 1 aliphatic heterocycles. The maximum atomic E-state index is 12.6. The Morgan fingerprint density at radius 1 is 1.30 bits per heavy atom. The van der Waals surface area contributed by atoms with E-state index in [2.05, 4.69) is 20.1 Å². The number of hydrogen-bond acceptors (Lipinski definition) is 8. The van der Waals surface area contributed by atoms with Gasteiger partial charge in [0.2, 0.25) is 5.91 Å². The lowest BCUT2D eigenvalue weighted by Crippen LogP contribution is -2.47. The van der Waals surface area contributed by atoms with Gasteiger partial charge in [0.25, 0.3) is 5.88 Å². The van der Waals surface area contributed by atoms with Crippen LogP contribution in [0.4, 0.5) is 0 Å². The average Bonchev–Trinajstić information content (AvgIpc) is 2.71. The molecule has 1 unspecified atom stereocenters. The number of hydrogen-bond donors (Lipinski definition) is 1. The summed E-state index contributed by atoms with van der Waals surface area (Å²) in [6, 6.07) is 7.44. The topological polar surface area (TPSA) is 123 Å². The summed E-state index contributed by atoms with van der Waals surface area (Å²) < 4.78 is 0. The molecular weight excluding hydrogens is 384 g/mol. The van der Waals surface area contributed by atoms with Crippen molar-refractivity contribution in [1.82, 2.24) is 14.9 Å². The van der Waals surface area contributed by atoms with Crippen molar-refractivity contribution in [2.24, 2.45) is 15.9 Å². The smallest absolute Gasteiger partial charge is 0.267 e. The van der Waals surface area contributed by atoms with Crippen LogP contribution in [-0.4, -0.2) is 45.3 Å². The number of oxime groups is 1. The summed E-state index contributed by atoms with van der Waals surface area (Å²) in [6.45, 7) is 5.44. The molecule has 0 saturated heterocycles. The molecule has 0 saturated carbocycles. The first-order chi connectivity index (χ1) is 14.2. The molecule has 1 aliphatic rings. The Labute approximate surface area is 174 Å². The van der Waals surface area contributed by atoms with Gasteiger partial charge in [-0.15, -0.1) is 0 Å². The fraction of sp³-hybridized carbons (Fsp3) is 0.333. The fourth-order valence-electron chi connectivity index (χ4n) is 3.01. The first kappa shape index (κ1) is 21.1. The van der Waals surface area contributed by atoms with Crippen LogP contribution in [0.15, 0.2) is 46.8 Å². The number of nitrogens with zero attached hydrogens (tertiary/aromatic N) is 5. The van der Waals surface area contributed by atoms with E-state index in [1.807, 2.05) is 31.2 Å². The van der Waals surface area contributed by atoms with Crippen molar-refractivity contribution in [2.75, 3.05) is 7.05 Å². The van der Waals surface area contributed by atoms with E-state index in [-0.39, 0.29) is 42.1 Å². The molecule has 9 nitrogen and oxygen atoms in total. The zero-order valence-corrected chi connectivity index (χ0v) is 17.4. The summed E-state index contributed by atoms with van der Waals surface area (Å²) in [4.78, 5) is 44.0. The molecule has 30 heavy (non-hydrogen) atoms. The van der Waals surface area contributed by atoms with Gasteiger partial charge in [-0.05, 0) is 31.9 Å². The average molecular weight is 408 g/mol. The van der Waals surface area contributed by atoms with Gasteiger partial charge in [0.05, 0.1) is 30.1 Å². The Bertz CT molecular complexity index is 1030. The Morgan fingerprint density at radius 3 is 2.70 bits per heavy atom. The van der Waals surface area contributed by atoms with E-state index >= 15 is 0 Å². The van der Waals surface area contributed by atoms with Gasteiger partial charge in [-0.25, -0.2) is 15.0 Å². The summed E-state index contributed by atoms with van der Waals surface area (Å²) in [7, 11) is 1.60. The van der Waals surface area contributed by atoms with E-state index in [4.69, 9.17) is 10.6 Å². The first-order valence-electron chi connectivity index (χ1n) is 9.43. The monoisotopic (exact) mass is 408 g/mol. The maximum Gasteiger partial charge on any atom is 0.267 e. The highest BCUT2D eigenvalue weighted by Gasteiger charge is 2.36. The molecular formula is C21H24N6O3. The Kier molecular flexibility index (Phi) is 5.91. The van der Waals surface area contributed by atoms with Crippen LogP contribution in [0.3, 0.4) is 0 Å². The van der Waals surface area contributed by atoms with Crippen LogP contribution in [0, 0.1) is 0 Å². The summed E-state index contributed by atoms with van der Waals surface area (Å²) >= 11 is 0. The van der Waals surface area contributed by atoms with E-state index in [0.717, 1.165) is 16.8 Å². The first-order valence-corrected chi connectivity index (χ1v) is 9.43. The molecule has 2 heterocycles. The van der Waals surface area contributed by atoms with Crippen LogP contribution in [0.25, 0.3) is 0 Å². The molecule has 1 atom stereocenters. The predicted molar refractivity (Wildman–Crippen MR) is 112 cm³/mol. The second-order valence-electron chi connectivity index (χ2n) is 7.54. The standard InChI is InChI=1S/C21H24N6O3/c1-13(2)26-30-18-12-23-16(11-24-18)17(28)9-14-6-5-7-15(8-14)21(3)10-19(29)27(4)20(22)25-21/h5-8,11-12H,9-10H2,1-4H3,(H2,22,25). The van der Waals surface area contributed by atoms with Gasteiger partial charge in [-0.2, -0.15) is 0 Å². The third kappa shape index (κ3) is 4.68. The van der Waals surface area contributed by atoms with Gasteiger partial charge in [0.15, 0.2) is 11.7 Å². The Balaban J connectivity index is 1.76. The number of Topliss-reactive ketones (excluding diaryl/α,β-unsaturated/α-hetero) is 1. The SMILES string of the molecule is CC(C)=NOc1cnc(C(=O)Cc2cccc(C3(C)CC(=O)N(C)C(N)=N3)c2)cn1. The number of carbonyl (C=O) groups excluding carboxylic acids is 2. The van der Waals surface area contributed by atoms with Gasteiger partial charge >= 0.3 is 0 Å². The number of amides is 1.